The van der Waals surface area contributed by atoms with Gasteiger partial charge in [0.1, 0.15) is 17.6 Å². The highest BCUT2D eigenvalue weighted by atomic mass is 28.4. The third-order valence-corrected chi connectivity index (χ3v) is 14.2. The Morgan fingerprint density at radius 1 is 1.07 bits per heavy atom. The van der Waals surface area contributed by atoms with Crippen LogP contribution in [0.3, 0.4) is 0 Å². The Hall–Kier alpha value is -1.88. The molecule has 0 amide bonds. The van der Waals surface area contributed by atoms with E-state index in [1.54, 1.807) is 0 Å². The first-order valence-electron chi connectivity index (χ1n) is 15.0. The molecule has 0 aromatic carbocycles. The Morgan fingerprint density at radius 2 is 1.71 bits per heavy atom. The van der Waals surface area contributed by atoms with Crippen LogP contribution in [0, 0.1) is 11.2 Å². The molecule has 1 spiro atoms. The first kappa shape index (κ1) is 31.5. The molecule has 232 valence electrons. The number of nitrogens with zero attached hydrogens (tertiary/aromatic N) is 2. The van der Waals surface area contributed by atoms with Crippen molar-refractivity contribution >= 4 is 8.32 Å². The van der Waals surface area contributed by atoms with Gasteiger partial charge in [0, 0.05) is 54.8 Å². The van der Waals surface area contributed by atoms with Gasteiger partial charge in [-0.1, -0.05) is 48.5 Å². The first-order valence-corrected chi connectivity index (χ1v) is 17.9. The summed E-state index contributed by atoms with van der Waals surface area (Å²) in [6.07, 6.45) is -2.58. The SMILES string of the molecule is CC(C)c1nc2c(c3c1[C@@H](c1ncc(C(F)(F)F)cc1F)OC31CCOCC1)[C@@H](O[Si](C)(C)C(C)(C)C)CC(C)(C)C2. The molecule has 4 heterocycles. The minimum Gasteiger partial charge on any atom is -0.410 e. The summed E-state index contributed by atoms with van der Waals surface area (Å²) < 4.78 is 75.6. The molecule has 0 bridgehead atoms. The van der Waals surface area contributed by atoms with Crippen LogP contribution in [-0.2, 0) is 32.1 Å². The molecule has 2 aliphatic heterocycles. The van der Waals surface area contributed by atoms with Crippen molar-refractivity contribution in [1.29, 1.82) is 0 Å². The van der Waals surface area contributed by atoms with Crippen LogP contribution in [0.15, 0.2) is 12.3 Å². The van der Waals surface area contributed by atoms with Crippen LogP contribution in [0.25, 0.3) is 0 Å². The number of alkyl halides is 3. The molecule has 5 rings (SSSR count). The van der Waals surface area contributed by atoms with E-state index in [0.717, 1.165) is 40.9 Å². The first-order chi connectivity index (χ1) is 19.3. The van der Waals surface area contributed by atoms with Gasteiger partial charge in [-0.2, -0.15) is 13.2 Å². The predicted octanol–water partition coefficient (Wildman–Crippen LogP) is 8.92. The maximum absolute atomic E-state index is 15.6. The number of ether oxygens (including phenoxy) is 2. The topological polar surface area (TPSA) is 53.5 Å². The minimum absolute atomic E-state index is 0.0219. The van der Waals surface area contributed by atoms with Crippen molar-refractivity contribution in [2.45, 2.75) is 122 Å². The van der Waals surface area contributed by atoms with E-state index < -0.39 is 37.6 Å². The number of hydrogen-bond donors (Lipinski definition) is 0. The molecular formula is C32H44F4N2O3Si. The minimum atomic E-state index is -4.70. The number of halogens is 4. The number of pyridine rings is 2. The highest BCUT2D eigenvalue weighted by Gasteiger charge is 2.54. The molecule has 2 aromatic heterocycles. The molecule has 1 saturated heterocycles. The summed E-state index contributed by atoms with van der Waals surface area (Å²) in [5.41, 5.74) is 2.37. The lowest BCUT2D eigenvalue weighted by molar-refractivity contribution is -0.138. The quantitative estimate of drug-likeness (QED) is 0.256. The number of hydrogen-bond acceptors (Lipinski definition) is 5. The van der Waals surface area contributed by atoms with Crippen LogP contribution in [0.1, 0.15) is 125 Å². The Kier molecular flexibility index (Phi) is 7.77. The molecule has 0 N–H and O–H groups in total. The predicted molar refractivity (Wildman–Crippen MR) is 155 cm³/mol. The highest BCUT2D eigenvalue weighted by Crippen LogP contribution is 2.59. The molecule has 0 saturated carbocycles. The lowest BCUT2D eigenvalue weighted by atomic mass is 9.70. The van der Waals surface area contributed by atoms with Crippen molar-refractivity contribution in [3.63, 3.8) is 0 Å². The van der Waals surface area contributed by atoms with Gasteiger partial charge >= 0.3 is 6.18 Å². The van der Waals surface area contributed by atoms with Crippen LogP contribution in [0.5, 0.6) is 0 Å². The average molecular weight is 609 g/mol. The van der Waals surface area contributed by atoms with Crippen LogP contribution in [-0.4, -0.2) is 31.5 Å². The van der Waals surface area contributed by atoms with Gasteiger partial charge in [-0.15, -0.1) is 0 Å². The largest absolute Gasteiger partial charge is 0.417 e. The summed E-state index contributed by atoms with van der Waals surface area (Å²) in [5.74, 6) is -1.07. The second-order valence-corrected chi connectivity index (χ2v) is 19.7. The van der Waals surface area contributed by atoms with Crippen molar-refractivity contribution < 1.29 is 31.5 Å². The van der Waals surface area contributed by atoms with Crippen molar-refractivity contribution in [2.24, 2.45) is 5.41 Å². The monoisotopic (exact) mass is 608 g/mol. The van der Waals surface area contributed by atoms with E-state index in [9.17, 15) is 13.2 Å². The fourth-order valence-corrected chi connectivity index (χ4v) is 7.79. The van der Waals surface area contributed by atoms with Gasteiger partial charge in [0.25, 0.3) is 0 Å². The zero-order valence-corrected chi connectivity index (χ0v) is 27.3. The summed E-state index contributed by atoms with van der Waals surface area (Å²) in [6.45, 7) is 20.6. The van der Waals surface area contributed by atoms with Gasteiger partial charge in [-0.05, 0) is 53.9 Å². The van der Waals surface area contributed by atoms with E-state index in [-0.39, 0.29) is 28.2 Å². The Balaban J connectivity index is 1.79. The summed E-state index contributed by atoms with van der Waals surface area (Å²) >= 11 is 0. The van der Waals surface area contributed by atoms with Crippen molar-refractivity contribution in [3.05, 3.63) is 57.4 Å². The molecule has 1 aliphatic carbocycles. The molecule has 0 unspecified atom stereocenters. The van der Waals surface area contributed by atoms with Crippen molar-refractivity contribution in [2.75, 3.05) is 13.2 Å². The van der Waals surface area contributed by atoms with Crippen LogP contribution >= 0.6 is 0 Å². The number of rotatable bonds is 4. The average Bonchev–Trinajstić information content (AvgIpc) is 3.15. The highest BCUT2D eigenvalue weighted by molar-refractivity contribution is 6.74. The van der Waals surface area contributed by atoms with Gasteiger partial charge in [0.15, 0.2) is 8.32 Å². The third-order valence-electron chi connectivity index (χ3n) is 9.68. The van der Waals surface area contributed by atoms with E-state index >= 15 is 4.39 Å². The van der Waals surface area contributed by atoms with E-state index in [4.69, 9.17) is 18.9 Å². The van der Waals surface area contributed by atoms with Gasteiger partial charge in [-0.3, -0.25) is 9.97 Å². The normalized spacial score (nSPS) is 23.8. The zero-order valence-electron chi connectivity index (χ0n) is 26.3. The number of aromatic nitrogens is 2. The summed E-state index contributed by atoms with van der Waals surface area (Å²) in [6, 6.07) is 0.521. The van der Waals surface area contributed by atoms with E-state index in [2.05, 4.69) is 52.7 Å². The molecule has 0 radical (unpaired) electrons. The maximum Gasteiger partial charge on any atom is 0.417 e. The van der Waals surface area contributed by atoms with Gasteiger partial charge in [0.05, 0.1) is 17.3 Å². The van der Waals surface area contributed by atoms with Crippen LogP contribution < -0.4 is 0 Å². The summed E-state index contributed by atoms with van der Waals surface area (Å²) in [5, 5.41) is -0.0219. The van der Waals surface area contributed by atoms with E-state index in [1.807, 2.05) is 13.8 Å². The number of fused-ring (bicyclic) bond motifs is 4. The molecule has 42 heavy (non-hydrogen) atoms. The molecule has 10 heteroatoms. The zero-order chi connectivity index (χ0) is 31.0. The molecule has 2 atom stereocenters. The molecule has 3 aliphatic rings. The van der Waals surface area contributed by atoms with Crippen molar-refractivity contribution in [3.8, 4) is 0 Å². The Labute approximate surface area is 247 Å². The van der Waals surface area contributed by atoms with Gasteiger partial charge in [-0.25, -0.2) is 4.39 Å². The molecule has 5 nitrogen and oxygen atoms in total. The lowest BCUT2D eigenvalue weighted by Gasteiger charge is -2.46. The second kappa shape index (κ2) is 10.3. The Morgan fingerprint density at radius 3 is 2.26 bits per heavy atom. The molecular weight excluding hydrogens is 564 g/mol. The Bertz CT molecular complexity index is 1360. The van der Waals surface area contributed by atoms with E-state index in [0.29, 0.717) is 38.3 Å². The molecule has 2 aromatic rings. The third kappa shape index (κ3) is 5.45. The smallest absolute Gasteiger partial charge is 0.410 e. The lowest BCUT2D eigenvalue weighted by Crippen LogP contribution is -2.45. The van der Waals surface area contributed by atoms with Crippen LogP contribution in [0.4, 0.5) is 17.6 Å². The van der Waals surface area contributed by atoms with Gasteiger partial charge < -0.3 is 13.9 Å². The summed E-state index contributed by atoms with van der Waals surface area (Å²) in [4.78, 5) is 9.30. The van der Waals surface area contributed by atoms with E-state index in [1.165, 1.54) is 0 Å². The maximum atomic E-state index is 15.6. The standard InChI is InChI=1S/C32H44F4N2O3Si/c1-18(2)26-24-25(23-21(38-26)15-30(6,7)16-22(23)41-42(8,9)29(3,4)5)31(10-12-39-13-11-31)40-28(24)27-20(33)14-19(17-37-27)32(34,35)36/h14,17-18,22,28H,10-13,15-16H2,1-9H3/t22-,28-/m0/s1. The second-order valence-electron chi connectivity index (χ2n) is 14.9. The van der Waals surface area contributed by atoms with Crippen LogP contribution in [0.2, 0.25) is 18.1 Å². The van der Waals surface area contributed by atoms with Gasteiger partial charge in [0.2, 0.25) is 0 Å². The molecule has 1 fully saturated rings. The fraction of sp³-hybridized carbons (Fsp3) is 0.688. The van der Waals surface area contributed by atoms with Crippen molar-refractivity contribution in [1.82, 2.24) is 9.97 Å². The fourth-order valence-electron chi connectivity index (χ4n) is 6.53. The summed E-state index contributed by atoms with van der Waals surface area (Å²) in [7, 11) is -2.24.